The molecule has 1 heterocycles. The number of carbonyl (C=O) groups excluding carboxylic acids is 1. The molecule has 2 N–H and O–H groups in total. The highest BCUT2D eigenvalue weighted by molar-refractivity contribution is 7.80. The van der Waals surface area contributed by atoms with Crippen LogP contribution < -0.4 is 10.6 Å². The molecule has 0 aliphatic rings. The molecule has 0 spiro atoms. The van der Waals surface area contributed by atoms with Crippen LogP contribution >= 0.6 is 12.2 Å². The zero-order chi connectivity index (χ0) is 29.3. The number of halogens is 3. The maximum Gasteiger partial charge on any atom is 0.416 e. The van der Waals surface area contributed by atoms with E-state index in [1.165, 1.54) is 12.1 Å². The molecule has 0 bridgehead atoms. The van der Waals surface area contributed by atoms with Gasteiger partial charge in [0.2, 0.25) is 5.91 Å². The van der Waals surface area contributed by atoms with Crippen LogP contribution in [0.25, 0.3) is 0 Å². The summed E-state index contributed by atoms with van der Waals surface area (Å²) < 4.78 is 42.8. The highest BCUT2D eigenvalue weighted by atomic mass is 32.1. The van der Waals surface area contributed by atoms with Crippen molar-refractivity contribution in [1.82, 2.24) is 25.1 Å². The number of aromatic nitrogens is 2. The van der Waals surface area contributed by atoms with Crippen molar-refractivity contribution in [2.75, 3.05) is 13.6 Å². The highest BCUT2D eigenvalue weighted by Crippen LogP contribution is 2.32. The molecule has 0 fully saturated rings. The lowest BCUT2D eigenvalue weighted by Crippen LogP contribution is -2.48. The molecule has 212 valence electrons. The topological polar surface area (TPSA) is 86.0 Å². The molecule has 0 aliphatic carbocycles. The van der Waals surface area contributed by atoms with E-state index < -0.39 is 11.7 Å². The van der Waals surface area contributed by atoms with E-state index in [-0.39, 0.29) is 42.9 Å². The van der Waals surface area contributed by atoms with E-state index in [1.54, 1.807) is 42.7 Å². The number of benzene rings is 2. The smallest absolute Gasteiger partial charge is 0.366 e. The zero-order valence-corrected chi connectivity index (χ0v) is 23.5. The van der Waals surface area contributed by atoms with Gasteiger partial charge in [0.1, 0.15) is 0 Å². The minimum absolute atomic E-state index is 0.0583. The van der Waals surface area contributed by atoms with Gasteiger partial charge in [-0.25, -0.2) is 4.98 Å². The number of hydrogen-bond acceptors (Lipinski definition) is 4. The second kappa shape index (κ2) is 13.9. The normalized spacial score (nSPS) is 12.1. The lowest BCUT2D eigenvalue weighted by molar-refractivity contribution is -0.138. The molecule has 3 rings (SSSR count). The van der Waals surface area contributed by atoms with Crippen LogP contribution in [-0.4, -0.2) is 45.1 Å². The number of nitrogens with one attached hydrogen (secondary N) is 2. The molecule has 1 amide bonds. The molecule has 7 nitrogen and oxygen atoms in total. The fraction of sp³-hybridized carbons (Fsp3) is 0.379. The Labute approximate surface area is 238 Å². The predicted molar refractivity (Wildman–Crippen MR) is 151 cm³/mol. The van der Waals surface area contributed by atoms with Gasteiger partial charge in [0.15, 0.2) is 5.11 Å². The van der Waals surface area contributed by atoms with Crippen LogP contribution in [0.3, 0.4) is 0 Å². The molecule has 1 atom stereocenters. The fourth-order valence-electron chi connectivity index (χ4n) is 4.49. The van der Waals surface area contributed by atoms with Gasteiger partial charge in [-0.3, -0.25) is 4.79 Å². The number of amides is 1. The van der Waals surface area contributed by atoms with Gasteiger partial charge in [0.25, 0.3) is 0 Å². The second-order valence-electron chi connectivity index (χ2n) is 9.98. The molecular weight excluding hydrogens is 537 g/mol. The number of thiocarbonyl (C=S) groups is 1. The summed E-state index contributed by atoms with van der Waals surface area (Å²) >= 11 is 5.44. The summed E-state index contributed by atoms with van der Waals surface area (Å²) in [5, 5.41) is 15.2. The SMILES string of the molecule is CNC(=S)N(Cc1ccccc1C(F)(F)F)C[C@H](CC(C)C)NC(=O)Cc1cncn1Cc1ccc(C#N)cc1. The first-order valence-electron chi connectivity index (χ1n) is 12.9. The van der Waals surface area contributed by atoms with E-state index in [9.17, 15) is 18.0 Å². The standard InChI is InChI=1S/C29H33F3N6OS/c1-20(2)12-24(18-37(28(40)34-3)17-23-6-4-5-7-26(23)29(30,31)32)36-27(39)13-25-15-35-19-38(25)16-22-10-8-21(14-33)9-11-22/h4-11,15,19-20,24H,12-13,16-18H2,1-3H3,(H,34,40)(H,36,39)/t24-/m0/s1. The Balaban J connectivity index is 1.73. The summed E-state index contributed by atoms with van der Waals surface area (Å²) in [6.45, 7) is 4.71. The van der Waals surface area contributed by atoms with Gasteiger partial charge >= 0.3 is 6.18 Å². The van der Waals surface area contributed by atoms with Gasteiger partial charge in [-0.2, -0.15) is 18.4 Å². The largest absolute Gasteiger partial charge is 0.416 e. The monoisotopic (exact) mass is 570 g/mol. The molecular formula is C29H33F3N6OS. The minimum Gasteiger partial charge on any atom is -0.366 e. The molecule has 40 heavy (non-hydrogen) atoms. The molecule has 0 saturated carbocycles. The molecule has 11 heteroatoms. The number of nitrogens with zero attached hydrogens (tertiary/aromatic N) is 4. The molecule has 3 aromatic rings. The van der Waals surface area contributed by atoms with E-state index in [0.717, 1.165) is 11.6 Å². The minimum atomic E-state index is -4.49. The van der Waals surface area contributed by atoms with Gasteiger partial charge < -0.3 is 20.1 Å². The Kier molecular flexibility index (Phi) is 10.7. The van der Waals surface area contributed by atoms with Crippen LogP contribution in [0.5, 0.6) is 0 Å². The van der Waals surface area contributed by atoms with Gasteiger partial charge in [-0.05, 0) is 53.9 Å². The van der Waals surface area contributed by atoms with Crippen molar-refractivity contribution in [1.29, 1.82) is 5.26 Å². The molecule has 0 radical (unpaired) electrons. The number of imidazole rings is 1. The number of nitriles is 1. The summed E-state index contributed by atoms with van der Waals surface area (Å²) in [6, 6.07) is 14.4. The van der Waals surface area contributed by atoms with E-state index in [2.05, 4.69) is 21.7 Å². The van der Waals surface area contributed by atoms with Crippen molar-refractivity contribution >= 4 is 23.2 Å². The molecule has 0 saturated heterocycles. The van der Waals surface area contributed by atoms with Crippen LogP contribution in [0.1, 0.15) is 48.2 Å². The van der Waals surface area contributed by atoms with Crippen molar-refractivity contribution in [3.05, 3.63) is 89.0 Å². The van der Waals surface area contributed by atoms with Crippen LogP contribution in [0.15, 0.2) is 61.1 Å². The zero-order valence-electron chi connectivity index (χ0n) is 22.7. The first kappa shape index (κ1) is 30.6. The van der Waals surface area contributed by atoms with Crippen molar-refractivity contribution in [3.63, 3.8) is 0 Å². The average Bonchev–Trinajstić information content (AvgIpc) is 3.33. The van der Waals surface area contributed by atoms with E-state index in [1.807, 2.05) is 30.5 Å². The maximum atomic E-state index is 13.6. The molecule has 0 aliphatic heterocycles. The van der Waals surface area contributed by atoms with E-state index >= 15 is 0 Å². The maximum absolute atomic E-state index is 13.6. The second-order valence-corrected chi connectivity index (χ2v) is 10.4. The van der Waals surface area contributed by atoms with Crippen LogP contribution in [0.4, 0.5) is 13.2 Å². The van der Waals surface area contributed by atoms with Crippen molar-refractivity contribution in [2.45, 2.75) is 52.0 Å². The Morgan fingerprint density at radius 2 is 1.88 bits per heavy atom. The summed E-state index contributed by atoms with van der Waals surface area (Å²) in [5.74, 6) is -0.00192. The third-order valence-electron chi connectivity index (χ3n) is 6.32. The third kappa shape index (κ3) is 8.81. The number of alkyl halides is 3. The predicted octanol–water partition coefficient (Wildman–Crippen LogP) is 4.90. The number of carbonyl (C=O) groups is 1. The van der Waals surface area contributed by atoms with Crippen LogP contribution in [0.2, 0.25) is 0 Å². The third-order valence-corrected chi connectivity index (χ3v) is 6.79. The molecule has 1 aromatic heterocycles. The van der Waals surface area contributed by atoms with Crippen LogP contribution in [0, 0.1) is 17.2 Å². The highest BCUT2D eigenvalue weighted by Gasteiger charge is 2.33. The Morgan fingerprint density at radius 1 is 1.18 bits per heavy atom. The van der Waals surface area contributed by atoms with Gasteiger partial charge in [0.05, 0.1) is 29.9 Å². The van der Waals surface area contributed by atoms with Crippen molar-refractivity contribution in [3.8, 4) is 6.07 Å². The summed E-state index contributed by atoms with van der Waals surface area (Å²) in [5.41, 5.74) is 1.64. The lowest BCUT2D eigenvalue weighted by atomic mass is 10.0. The van der Waals surface area contributed by atoms with Crippen LogP contribution in [-0.2, 0) is 30.5 Å². The van der Waals surface area contributed by atoms with Crippen molar-refractivity contribution in [2.24, 2.45) is 5.92 Å². The van der Waals surface area contributed by atoms with Gasteiger partial charge in [-0.15, -0.1) is 0 Å². The molecule has 0 unspecified atom stereocenters. The first-order valence-corrected chi connectivity index (χ1v) is 13.3. The fourth-order valence-corrected chi connectivity index (χ4v) is 4.63. The van der Waals surface area contributed by atoms with Crippen molar-refractivity contribution < 1.29 is 18.0 Å². The summed E-state index contributed by atoms with van der Waals surface area (Å²) in [6.07, 6.45) is -0.511. The van der Waals surface area contributed by atoms with Gasteiger partial charge in [0, 0.05) is 44.6 Å². The summed E-state index contributed by atoms with van der Waals surface area (Å²) in [4.78, 5) is 19.0. The number of hydrogen-bond donors (Lipinski definition) is 2. The van der Waals surface area contributed by atoms with E-state index in [4.69, 9.17) is 17.5 Å². The lowest BCUT2D eigenvalue weighted by Gasteiger charge is -2.31. The Morgan fingerprint density at radius 3 is 2.50 bits per heavy atom. The number of rotatable bonds is 11. The Bertz CT molecular complexity index is 1330. The summed E-state index contributed by atoms with van der Waals surface area (Å²) in [7, 11) is 1.62. The quantitative estimate of drug-likeness (QED) is 0.319. The van der Waals surface area contributed by atoms with E-state index in [0.29, 0.717) is 29.3 Å². The molecule has 2 aromatic carbocycles. The van der Waals surface area contributed by atoms with Gasteiger partial charge in [-0.1, -0.05) is 44.2 Å². The Hall–Kier alpha value is -3.91. The average molecular weight is 571 g/mol. The first-order chi connectivity index (χ1) is 19.0.